The SMILES string of the molecule is COC(=O)N=CCCCC(C)c1cc(O)c(C(=O)C(C)C(C)Cc2ccc(OCC(F)F)s2)c(=O)o1. The molecule has 0 aliphatic rings. The number of aromatic hydroxyl groups is 1. The molecule has 0 aliphatic heterocycles. The van der Waals surface area contributed by atoms with E-state index < -0.39 is 42.2 Å². The molecule has 2 heterocycles. The number of rotatable bonds is 13. The lowest BCUT2D eigenvalue weighted by Crippen LogP contribution is -2.26. The van der Waals surface area contributed by atoms with Crippen molar-refractivity contribution < 1.29 is 37.4 Å². The van der Waals surface area contributed by atoms with Gasteiger partial charge in [-0.05, 0) is 43.7 Å². The number of hydrogen-bond acceptors (Lipinski definition) is 8. The third-order valence-corrected chi connectivity index (χ3v) is 6.82. The topological polar surface area (TPSA) is 115 Å². The molecule has 198 valence electrons. The Hall–Kier alpha value is -3.08. The molecule has 0 saturated heterocycles. The first kappa shape index (κ1) is 29.2. The zero-order chi connectivity index (χ0) is 26.8. The van der Waals surface area contributed by atoms with Gasteiger partial charge in [-0.3, -0.25) is 4.79 Å². The first-order chi connectivity index (χ1) is 17.0. The Bertz CT molecular complexity index is 1110. The Labute approximate surface area is 212 Å². The standard InChI is InChI=1S/C25H31F2NO7S/c1-14(7-5-6-10-28-25(32)33-4)19-12-18(29)22(24(31)35-19)23(30)16(3)15(2)11-17-8-9-21(36-17)34-13-20(26)27/h8-10,12,14-16,20,29H,5-7,11,13H2,1-4H3. The number of unbranched alkanes of at least 4 members (excludes halogenated alkanes) is 1. The van der Waals surface area contributed by atoms with Crippen LogP contribution in [0.3, 0.4) is 0 Å². The Morgan fingerprint density at radius 3 is 2.61 bits per heavy atom. The number of carbonyl (C=O) groups excluding carboxylic acids is 2. The molecule has 0 spiro atoms. The van der Waals surface area contributed by atoms with Gasteiger partial charge in [0.15, 0.2) is 10.8 Å². The van der Waals surface area contributed by atoms with Gasteiger partial charge >= 0.3 is 11.7 Å². The van der Waals surface area contributed by atoms with Crippen molar-refractivity contribution in [2.24, 2.45) is 16.8 Å². The molecule has 1 amide bonds. The van der Waals surface area contributed by atoms with Crippen molar-refractivity contribution in [1.82, 2.24) is 0 Å². The fraction of sp³-hybridized carbons (Fsp3) is 0.520. The number of nitrogens with zero attached hydrogens (tertiary/aromatic N) is 1. The maximum absolute atomic E-state index is 13.0. The summed E-state index contributed by atoms with van der Waals surface area (Å²) in [5, 5.41) is 10.9. The second-order valence-corrected chi connectivity index (χ2v) is 9.70. The van der Waals surface area contributed by atoms with Gasteiger partial charge < -0.3 is 19.0 Å². The summed E-state index contributed by atoms with van der Waals surface area (Å²) in [5.74, 6) is -1.72. The number of ether oxygens (including phenoxy) is 2. The summed E-state index contributed by atoms with van der Waals surface area (Å²) in [6.45, 7) is 4.64. The number of Topliss-reactive ketones (excluding diaryl/α,β-unsaturated/α-hetero) is 1. The predicted molar refractivity (Wildman–Crippen MR) is 132 cm³/mol. The van der Waals surface area contributed by atoms with Crippen LogP contribution < -0.4 is 10.4 Å². The van der Waals surface area contributed by atoms with E-state index in [0.29, 0.717) is 30.7 Å². The van der Waals surface area contributed by atoms with Crippen LogP contribution in [-0.4, -0.2) is 43.3 Å². The van der Waals surface area contributed by atoms with Crippen LogP contribution in [0.25, 0.3) is 0 Å². The first-order valence-electron chi connectivity index (χ1n) is 11.5. The second-order valence-electron chi connectivity index (χ2n) is 8.57. The van der Waals surface area contributed by atoms with Gasteiger partial charge in [-0.2, -0.15) is 4.99 Å². The highest BCUT2D eigenvalue weighted by Crippen LogP contribution is 2.31. The molecule has 36 heavy (non-hydrogen) atoms. The van der Waals surface area contributed by atoms with Crippen molar-refractivity contribution in [3.8, 4) is 10.8 Å². The molecule has 2 aromatic heterocycles. The summed E-state index contributed by atoms with van der Waals surface area (Å²) in [6, 6.07) is 4.65. The number of aliphatic imine (C=N–C) groups is 1. The highest BCUT2D eigenvalue weighted by atomic mass is 32.1. The van der Waals surface area contributed by atoms with Crippen molar-refractivity contribution in [2.75, 3.05) is 13.7 Å². The van der Waals surface area contributed by atoms with Crippen LogP contribution in [0.5, 0.6) is 10.8 Å². The van der Waals surface area contributed by atoms with E-state index in [0.717, 1.165) is 4.88 Å². The van der Waals surface area contributed by atoms with E-state index in [1.165, 1.54) is 30.7 Å². The summed E-state index contributed by atoms with van der Waals surface area (Å²) in [4.78, 5) is 41.0. The maximum atomic E-state index is 13.0. The van der Waals surface area contributed by atoms with Crippen molar-refractivity contribution in [3.05, 3.63) is 44.8 Å². The second kappa shape index (κ2) is 13.9. The highest BCUT2D eigenvalue weighted by molar-refractivity contribution is 7.13. The molecule has 0 aliphatic carbocycles. The molecule has 1 N–H and O–H groups in total. The third kappa shape index (κ3) is 8.54. The smallest absolute Gasteiger partial charge is 0.432 e. The van der Waals surface area contributed by atoms with Crippen LogP contribution in [0, 0.1) is 11.8 Å². The minimum absolute atomic E-state index is 0.205. The maximum Gasteiger partial charge on any atom is 0.432 e. The lowest BCUT2D eigenvalue weighted by Gasteiger charge is -2.18. The minimum atomic E-state index is -2.56. The summed E-state index contributed by atoms with van der Waals surface area (Å²) in [5.41, 5.74) is -1.28. The summed E-state index contributed by atoms with van der Waals surface area (Å²) >= 11 is 1.22. The van der Waals surface area contributed by atoms with Gasteiger partial charge in [-0.1, -0.05) is 20.8 Å². The largest absolute Gasteiger partial charge is 0.507 e. The lowest BCUT2D eigenvalue weighted by atomic mass is 9.86. The summed E-state index contributed by atoms with van der Waals surface area (Å²) < 4.78 is 39.4. The van der Waals surface area contributed by atoms with E-state index in [1.54, 1.807) is 19.1 Å². The molecule has 0 saturated carbocycles. The molecule has 3 atom stereocenters. The average Bonchev–Trinajstić information content (AvgIpc) is 3.28. The number of alkyl halides is 2. The van der Waals surface area contributed by atoms with E-state index in [1.807, 2.05) is 13.8 Å². The Morgan fingerprint density at radius 2 is 1.97 bits per heavy atom. The van der Waals surface area contributed by atoms with Crippen molar-refractivity contribution in [2.45, 2.75) is 58.8 Å². The number of halogens is 2. The number of carbonyl (C=O) groups is 2. The van der Waals surface area contributed by atoms with Gasteiger partial charge in [0, 0.05) is 29.0 Å². The van der Waals surface area contributed by atoms with Crippen molar-refractivity contribution in [1.29, 1.82) is 0 Å². The Morgan fingerprint density at radius 1 is 1.25 bits per heavy atom. The van der Waals surface area contributed by atoms with Gasteiger partial charge in [-0.15, -0.1) is 11.3 Å². The number of amides is 1. The minimum Gasteiger partial charge on any atom is -0.507 e. The van der Waals surface area contributed by atoms with Crippen LogP contribution in [0.2, 0.25) is 0 Å². The van der Waals surface area contributed by atoms with E-state index in [2.05, 4.69) is 9.73 Å². The summed E-state index contributed by atoms with van der Waals surface area (Å²) in [6.07, 6.45) is 0.445. The van der Waals surface area contributed by atoms with Crippen LogP contribution >= 0.6 is 11.3 Å². The fourth-order valence-corrected chi connectivity index (χ4v) is 4.49. The predicted octanol–water partition coefficient (Wildman–Crippen LogP) is 5.86. The molecule has 0 fully saturated rings. The van der Waals surface area contributed by atoms with E-state index in [9.17, 15) is 28.3 Å². The lowest BCUT2D eigenvalue weighted by molar-refractivity contribution is 0.0837. The van der Waals surface area contributed by atoms with E-state index >= 15 is 0 Å². The van der Waals surface area contributed by atoms with Gasteiger partial charge in [0.2, 0.25) is 0 Å². The molecular formula is C25H31F2NO7S. The zero-order valence-electron chi connectivity index (χ0n) is 20.7. The normalized spacial score (nSPS) is 14.1. The van der Waals surface area contributed by atoms with Crippen molar-refractivity contribution >= 4 is 29.4 Å². The average molecular weight is 528 g/mol. The van der Waals surface area contributed by atoms with Crippen LogP contribution in [0.4, 0.5) is 13.6 Å². The van der Waals surface area contributed by atoms with Gasteiger partial charge in [-0.25, -0.2) is 18.4 Å². The Balaban J connectivity index is 2.00. The van der Waals surface area contributed by atoms with Crippen LogP contribution in [0.15, 0.2) is 32.4 Å². The van der Waals surface area contributed by atoms with Crippen LogP contribution in [-0.2, 0) is 11.2 Å². The van der Waals surface area contributed by atoms with Gasteiger partial charge in [0.25, 0.3) is 6.43 Å². The van der Waals surface area contributed by atoms with E-state index in [4.69, 9.17) is 9.15 Å². The molecular weight excluding hydrogens is 496 g/mol. The number of hydrogen-bond donors (Lipinski definition) is 1. The quantitative estimate of drug-likeness (QED) is 0.197. The molecule has 2 aromatic rings. The Kier molecular flexibility index (Phi) is 11.2. The fourth-order valence-electron chi connectivity index (χ4n) is 3.49. The van der Waals surface area contributed by atoms with E-state index in [-0.39, 0.29) is 23.2 Å². The summed E-state index contributed by atoms with van der Waals surface area (Å²) in [7, 11) is 1.24. The van der Waals surface area contributed by atoms with Gasteiger partial charge in [0.1, 0.15) is 23.7 Å². The van der Waals surface area contributed by atoms with Gasteiger partial charge in [0.05, 0.1) is 7.11 Å². The molecule has 3 unspecified atom stereocenters. The number of ketones is 1. The molecule has 0 bridgehead atoms. The first-order valence-corrected chi connectivity index (χ1v) is 12.4. The highest BCUT2D eigenvalue weighted by Gasteiger charge is 2.28. The number of methoxy groups -OCH3 is 1. The molecule has 8 nitrogen and oxygen atoms in total. The number of thiophene rings is 1. The van der Waals surface area contributed by atoms with Crippen LogP contribution in [0.1, 0.15) is 66.9 Å². The third-order valence-electron chi connectivity index (χ3n) is 5.80. The molecule has 2 rings (SSSR count). The molecule has 11 heteroatoms. The molecule has 0 aromatic carbocycles. The van der Waals surface area contributed by atoms with Crippen molar-refractivity contribution in [3.63, 3.8) is 0 Å². The monoisotopic (exact) mass is 527 g/mol. The zero-order valence-corrected chi connectivity index (χ0v) is 21.5. The molecule has 0 radical (unpaired) electrons.